The Morgan fingerprint density at radius 1 is 0.800 bits per heavy atom. The van der Waals surface area contributed by atoms with Crippen LogP contribution in [0.3, 0.4) is 0 Å². The maximum Gasteiger partial charge on any atom is 0.342 e. The number of nitrogens with zero attached hydrogens (tertiary/aromatic N) is 4. The molecule has 0 unspecified atom stereocenters. The van der Waals surface area contributed by atoms with E-state index in [-0.39, 0.29) is 16.2 Å². The summed E-state index contributed by atoms with van der Waals surface area (Å²) < 4.78 is 78.2. The van der Waals surface area contributed by atoms with Crippen LogP contribution in [-0.4, -0.2) is 112 Å². The van der Waals surface area contributed by atoms with E-state index in [9.17, 15) is 30.7 Å². The lowest BCUT2D eigenvalue weighted by molar-refractivity contribution is -0.438. The summed E-state index contributed by atoms with van der Waals surface area (Å²) in [5, 5.41) is 8.73. The van der Waals surface area contributed by atoms with Gasteiger partial charge in [-0.25, -0.2) is 4.79 Å². The molecule has 3 aliphatic rings. The molecule has 0 atom stereocenters. The van der Waals surface area contributed by atoms with Crippen LogP contribution in [0, 0.1) is 0 Å². The van der Waals surface area contributed by atoms with Crippen molar-refractivity contribution in [2.75, 3.05) is 59.3 Å². The van der Waals surface area contributed by atoms with Crippen molar-refractivity contribution in [3.63, 3.8) is 0 Å². The van der Waals surface area contributed by atoms with Crippen LogP contribution in [0.4, 0.5) is 11.4 Å². The van der Waals surface area contributed by atoms with Gasteiger partial charge in [0.15, 0.2) is 12.3 Å². The van der Waals surface area contributed by atoms with Crippen molar-refractivity contribution in [3.05, 3.63) is 124 Å². The van der Waals surface area contributed by atoms with E-state index in [1.165, 1.54) is 12.1 Å². The van der Waals surface area contributed by atoms with Crippen LogP contribution in [0.2, 0.25) is 0 Å². The van der Waals surface area contributed by atoms with Crippen LogP contribution in [-0.2, 0) is 47.2 Å². The molecule has 2 heterocycles. The molecule has 65 heavy (non-hydrogen) atoms. The minimum Gasteiger partial charge on any atom is -0.457 e. The number of benzene rings is 3. The van der Waals surface area contributed by atoms with E-state index in [1.54, 1.807) is 24.3 Å². The molecule has 0 fully saturated rings. The minimum absolute atomic E-state index is 0.0181. The Morgan fingerprint density at radius 3 is 2.06 bits per heavy atom. The molecule has 0 amide bonds. The van der Waals surface area contributed by atoms with E-state index in [2.05, 4.69) is 76.2 Å². The van der Waals surface area contributed by atoms with Gasteiger partial charge >= 0.3 is 5.97 Å². The van der Waals surface area contributed by atoms with Crippen molar-refractivity contribution in [1.82, 2.24) is 9.80 Å². The molecule has 0 radical (unpaired) electrons. The summed E-state index contributed by atoms with van der Waals surface area (Å²) in [6.45, 7) is 11.3. The first-order valence-electron chi connectivity index (χ1n) is 21.9. The number of fused-ring (bicyclic) bond motifs is 2. The van der Waals surface area contributed by atoms with Gasteiger partial charge in [-0.05, 0) is 158 Å². The number of carbonyl (C=O) groups excluding carboxylic acids is 1. The lowest BCUT2D eigenvalue weighted by Crippen LogP contribution is -2.29. The molecule has 0 saturated heterocycles. The topological polar surface area (TPSA) is 177 Å². The van der Waals surface area contributed by atoms with Crippen molar-refractivity contribution in [1.29, 1.82) is 0 Å². The van der Waals surface area contributed by atoms with Gasteiger partial charge in [-0.3, -0.25) is 9.11 Å². The van der Waals surface area contributed by atoms with Crippen molar-refractivity contribution in [2.24, 2.45) is 0 Å². The number of anilines is 1. The van der Waals surface area contributed by atoms with Gasteiger partial charge in [0.1, 0.15) is 11.5 Å². The zero-order valence-electron chi connectivity index (χ0n) is 38.7. The zero-order valence-corrected chi connectivity index (χ0v) is 40.3. The summed E-state index contributed by atoms with van der Waals surface area (Å²) in [6, 6.07) is 17.0. The summed E-state index contributed by atoms with van der Waals surface area (Å²) in [6.07, 6.45) is 12.7. The number of aryl methyl sites for hydroxylation is 1. The second kappa shape index (κ2) is 19.9. The quantitative estimate of drug-likeness (QED) is 0.0483. The summed E-state index contributed by atoms with van der Waals surface area (Å²) in [5.74, 6) is 0.549. The maximum absolute atomic E-state index is 12.3. The normalized spacial score (nSPS) is 18.4. The van der Waals surface area contributed by atoms with Crippen molar-refractivity contribution in [3.8, 4) is 5.75 Å². The molecule has 3 aromatic carbocycles. The Morgan fingerprint density at radius 2 is 1.43 bits per heavy atom. The predicted molar refractivity (Wildman–Crippen MR) is 252 cm³/mol. The van der Waals surface area contributed by atoms with Gasteiger partial charge in [-0.2, -0.15) is 26.7 Å². The van der Waals surface area contributed by atoms with Gasteiger partial charge in [-0.1, -0.05) is 32.1 Å². The Bertz CT molecular complexity index is 2680. The first kappa shape index (κ1) is 49.5. The molecule has 14 nitrogen and oxygen atoms in total. The van der Waals surface area contributed by atoms with E-state index >= 15 is 0 Å². The van der Waals surface area contributed by atoms with E-state index < -0.39 is 37.0 Å². The van der Waals surface area contributed by atoms with Gasteiger partial charge in [-0.15, -0.1) is 0 Å². The summed E-state index contributed by atoms with van der Waals surface area (Å²) in [4.78, 5) is 21.6. The van der Waals surface area contributed by atoms with Crippen LogP contribution >= 0.6 is 0 Å². The highest BCUT2D eigenvalue weighted by molar-refractivity contribution is 7.86. The third-order valence-corrected chi connectivity index (χ3v) is 14.2. The highest BCUT2D eigenvalue weighted by Crippen LogP contribution is 2.49. The van der Waals surface area contributed by atoms with Crippen LogP contribution in [0.25, 0.3) is 0 Å². The van der Waals surface area contributed by atoms with Crippen molar-refractivity contribution in [2.45, 2.75) is 93.3 Å². The third kappa shape index (κ3) is 11.4. The van der Waals surface area contributed by atoms with Crippen LogP contribution in [0.15, 0.2) is 117 Å². The van der Waals surface area contributed by atoms with Gasteiger partial charge in [0.05, 0.1) is 21.6 Å². The zero-order chi connectivity index (χ0) is 47.5. The molecule has 6 rings (SSSR count). The van der Waals surface area contributed by atoms with Gasteiger partial charge in [0.2, 0.25) is 5.69 Å². The Balaban J connectivity index is 1.47. The van der Waals surface area contributed by atoms with Gasteiger partial charge in [0.25, 0.3) is 20.2 Å². The Hall–Kier alpha value is -4.94. The fourth-order valence-corrected chi connectivity index (χ4v) is 10.1. The van der Waals surface area contributed by atoms with Crippen LogP contribution in [0.1, 0.15) is 82.9 Å². The van der Waals surface area contributed by atoms with Gasteiger partial charge < -0.3 is 24.3 Å². The molecule has 2 aliphatic heterocycles. The molecule has 350 valence electrons. The molecule has 0 aromatic heterocycles. The number of hydrogen-bond donors (Lipinski definition) is 3. The number of rotatable bonds is 18. The third-order valence-electron chi connectivity index (χ3n) is 12.5. The van der Waals surface area contributed by atoms with E-state index in [4.69, 9.17) is 9.99 Å². The summed E-state index contributed by atoms with van der Waals surface area (Å²) >= 11 is 0. The molecule has 16 heteroatoms. The predicted octanol–water partition coefficient (Wildman–Crippen LogP) is 8.09. The van der Waals surface area contributed by atoms with E-state index in [0.29, 0.717) is 43.9 Å². The van der Waals surface area contributed by atoms with E-state index in [0.717, 1.165) is 83.0 Å². The number of ether oxygens (including phenoxy) is 1. The first-order valence-corrected chi connectivity index (χ1v) is 24.8. The Labute approximate surface area is 384 Å². The summed E-state index contributed by atoms with van der Waals surface area (Å²) in [5.41, 5.74) is 6.81. The molecular weight excluding hydrogens is 869 g/mol. The average molecular weight is 932 g/mol. The van der Waals surface area contributed by atoms with Crippen molar-refractivity contribution < 1.29 is 50.2 Å². The van der Waals surface area contributed by atoms with Crippen LogP contribution in [0.5, 0.6) is 5.75 Å². The number of hydrogen-bond acceptors (Lipinski definition) is 11. The van der Waals surface area contributed by atoms with Gasteiger partial charge in [0, 0.05) is 54.0 Å². The average Bonchev–Trinajstić information content (AvgIpc) is 3.58. The highest BCUT2D eigenvalue weighted by Gasteiger charge is 2.45. The standard InChI is InChI=1S/C49H62N4O10S2/c1-48(2)40-32-38(64(56,57)58)21-23-42(40)52(30-10-28-50(5)6)44(48)25-17-35-12-9-13-36(47(35)62-37-19-14-34(15-20-37)16-27-46(54)63-55)18-26-45-49(3,4)41-33-39(65(59,60)61)22-24-43(41)53(45)31-11-29-51(7)8/h14-15,17-26,32-33H,9-13,16,27-31H2,1-8H3,(H2-,55,56,57,58,59,60,61)/p+1. The molecule has 1 aliphatic carbocycles. The second-order valence-electron chi connectivity index (χ2n) is 18.6. The number of allylic oxidation sites excluding steroid dienone is 7. The fourth-order valence-electron chi connectivity index (χ4n) is 9.05. The molecule has 0 bridgehead atoms. The molecule has 3 N–H and O–H groups in total. The first-order chi connectivity index (χ1) is 30.5. The Kier molecular flexibility index (Phi) is 15.1. The molecule has 0 saturated carbocycles. The van der Waals surface area contributed by atoms with Crippen LogP contribution < -0.4 is 9.64 Å². The highest BCUT2D eigenvalue weighted by atomic mass is 32.2. The molecule has 0 spiro atoms. The molecule has 3 aromatic rings. The van der Waals surface area contributed by atoms with Crippen molar-refractivity contribution >= 4 is 43.3 Å². The monoisotopic (exact) mass is 931 g/mol. The lowest BCUT2D eigenvalue weighted by Gasteiger charge is -2.28. The fraction of sp³-hybridized carbons (Fsp3) is 0.429. The smallest absolute Gasteiger partial charge is 0.342 e. The minimum atomic E-state index is -4.43. The summed E-state index contributed by atoms with van der Waals surface area (Å²) in [7, 11) is -0.761. The number of carbonyl (C=O) groups is 1. The SMILES string of the molecule is CN(C)CCCN1C(=CC=C2CCCC(C=CC3=[N+](CCCN(C)C)c4ccc(S(=O)(=O)O)cc4C3(C)C)=C2Oc2ccc(CCC(=O)OO)cc2)C(C)(C)c2cc(S(=O)(=O)O)ccc21. The largest absolute Gasteiger partial charge is 0.457 e. The lowest BCUT2D eigenvalue weighted by atomic mass is 9.81. The second-order valence-corrected chi connectivity index (χ2v) is 21.4. The van der Waals surface area contributed by atoms with E-state index in [1.807, 2.05) is 52.5 Å². The molecular formula is C49H63N4O10S2+. The maximum atomic E-state index is 12.3.